The highest BCUT2D eigenvalue weighted by Crippen LogP contribution is 2.44. The van der Waals surface area contributed by atoms with Crippen molar-refractivity contribution in [3.8, 4) is 23.0 Å². The van der Waals surface area contributed by atoms with Gasteiger partial charge in [0.25, 0.3) is 0 Å². The van der Waals surface area contributed by atoms with Crippen LogP contribution in [0.4, 0.5) is 0 Å². The second-order valence-corrected chi connectivity index (χ2v) is 8.53. The number of ether oxygens (including phenoxy) is 3. The largest absolute Gasteiger partial charge is 0.508 e. The number of hydrogen-bond acceptors (Lipinski definition) is 4. The maximum Gasteiger partial charge on any atom is 0.129 e. The van der Waals surface area contributed by atoms with Gasteiger partial charge in [-0.25, -0.2) is 0 Å². The summed E-state index contributed by atoms with van der Waals surface area (Å²) in [6.45, 7) is 7.64. The molecule has 0 saturated heterocycles. The van der Waals surface area contributed by atoms with Crippen LogP contribution in [0.2, 0.25) is 0 Å². The fraction of sp³-hybridized carbons (Fsp3) is 0.500. The van der Waals surface area contributed by atoms with E-state index in [1.807, 2.05) is 12.1 Å². The van der Waals surface area contributed by atoms with E-state index in [4.69, 9.17) is 14.2 Å². The van der Waals surface area contributed by atoms with Crippen molar-refractivity contribution in [2.75, 3.05) is 13.2 Å². The van der Waals surface area contributed by atoms with E-state index in [0.717, 1.165) is 54.9 Å². The fourth-order valence-electron chi connectivity index (χ4n) is 4.11. The van der Waals surface area contributed by atoms with E-state index in [0.29, 0.717) is 13.2 Å². The molecule has 0 fully saturated rings. The molecule has 0 aliphatic carbocycles. The number of phenols is 1. The van der Waals surface area contributed by atoms with E-state index in [2.05, 4.69) is 32.9 Å². The molecular formula is C24H30O4. The molecule has 1 N–H and O–H groups in total. The Labute approximate surface area is 167 Å². The molecule has 2 heterocycles. The zero-order valence-electron chi connectivity index (χ0n) is 17.1. The topological polar surface area (TPSA) is 47.9 Å². The number of benzene rings is 2. The predicted molar refractivity (Wildman–Crippen MR) is 110 cm³/mol. The first kappa shape index (κ1) is 19.0. The maximum absolute atomic E-state index is 10.5. The van der Waals surface area contributed by atoms with Gasteiger partial charge in [0.15, 0.2) is 0 Å². The summed E-state index contributed by atoms with van der Waals surface area (Å²) in [5.41, 5.74) is 3.19. The van der Waals surface area contributed by atoms with Gasteiger partial charge >= 0.3 is 0 Å². The van der Waals surface area contributed by atoms with E-state index in [9.17, 15) is 5.11 Å². The van der Waals surface area contributed by atoms with Gasteiger partial charge in [-0.2, -0.15) is 0 Å². The van der Waals surface area contributed by atoms with Gasteiger partial charge in [-0.15, -0.1) is 0 Å². The SMILES string of the molecule is CCCCOc1ccc(C2COc3c(ccc4c3CCC(C)(C)O4)C2)c(O)c1. The van der Waals surface area contributed by atoms with Gasteiger partial charge in [0.05, 0.1) is 13.2 Å². The molecule has 1 unspecified atom stereocenters. The number of rotatable bonds is 5. The molecule has 0 spiro atoms. The Bertz CT molecular complexity index is 856. The molecule has 2 aromatic rings. The second kappa shape index (κ2) is 7.57. The molecule has 0 saturated carbocycles. The molecule has 0 bridgehead atoms. The van der Waals surface area contributed by atoms with Crippen molar-refractivity contribution in [3.63, 3.8) is 0 Å². The first-order valence-corrected chi connectivity index (χ1v) is 10.4. The molecule has 150 valence electrons. The standard InChI is InChI=1S/C24H30O4/c1-4-5-12-26-18-7-8-19(21(25)14-18)17-13-16-6-9-22-20(23(16)27-15-17)10-11-24(2,3)28-22/h6-9,14,17,25H,4-5,10-13,15H2,1-3H3. The summed E-state index contributed by atoms with van der Waals surface area (Å²) in [6, 6.07) is 9.83. The maximum atomic E-state index is 10.5. The van der Waals surface area contributed by atoms with Gasteiger partial charge < -0.3 is 19.3 Å². The summed E-state index contributed by atoms with van der Waals surface area (Å²) in [5, 5.41) is 10.5. The summed E-state index contributed by atoms with van der Waals surface area (Å²) < 4.78 is 18.0. The van der Waals surface area contributed by atoms with Crippen molar-refractivity contribution >= 4 is 0 Å². The number of aromatic hydroxyl groups is 1. The number of unbranched alkanes of at least 4 members (excludes halogenated alkanes) is 1. The lowest BCUT2D eigenvalue weighted by Crippen LogP contribution is -2.33. The van der Waals surface area contributed by atoms with E-state index in [1.165, 1.54) is 11.1 Å². The molecule has 4 nitrogen and oxygen atoms in total. The third kappa shape index (κ3) is 3.78. The third-order valence-electron chi connectivity index (χ3n) is 5.77. The van der Waals surface area contributed by atoms with Gasteiger partial charge in [-0.05, 0) is 57.2 Å². The van der Waals surface area contributed by atoms with Crippen molar-refractivity contribution in [1.82, 2.24) is 0 Å². The van der Waals surface area contributed by atoms with Crippen LogP contribution in [0.1, 0.15) is 62.6 Å². The lowest BCUT2D eigenvalue weighted by atomic mass is 9.86. The van der Waals surface area contributed by atoms with Crippen LogP contribution in [-0.2, 0) is 12.8 Å². The minimum absolute atomic E-state index is 0.120. The summed E-state index contributed by atoms with van der Waals surface area (Å²) in [7, 11) is 0. The first-order valence-electron chi connectivity index (χ1n) is 10.4. The zero-order valence-corrected chi connectivity index (χ0v) is 17.1. The minimum Gasteiger partial charge on any atom is -0.508 e. The van der Waals surface area contributed by atoms with Crippen LogP contribution < -0.4 is 14.2 Å². The Balaban J connectivity index is 1.52. The molecule has 2 aliphatic heterocycles. The monoisotopic (exact) mass is 382 g/mol. The molecule has 28 heavy (non-hydrogen) atoms. The Hall–Kier alpha value is -2.36. The number of hydrogen-bond donors (Lipinski definition) is 1. The van der Waals surface area contributed by atoms with Gasteiger partial charge in [-0.1, -0.05) is 25.5 Å². The van der Waals surface area contributed by atoms with E-state index in [-0.39, 0.29) is 17.3 Å². The zero-order chi connectivity index (χ0) is 19.7. The molecule has 4 rings (SSSR count). The molecule has 0 radical (unpaired) electrons. The highest BCUT2D eigenvalue weighted by molar-refractivity contribution is 5.54. The Morgan fingerprint density at radius 1 is 1.21 bits per heavy atom. The Kier molecular flexibility index (Phi) is 5.13. The lowest BCUT2D eigenvalue weighted by molar-refractivity contribution is 0.0826. The summed E-state index contributed by atoms with van der Waals surface area (Å²) in [5.74, 6) is 3.08. The van der Waals surface area contributed by atoms with Crippen LogP contribution in [0.25, 0.3) is 0 Å². The molecule has 2 aliphatic rings. The van der Waals surface area contributed by atoms with Crippen molar-refractivity contribution < 1.29 is 19.3 Å². The van der Waals surface area contributed by atoms with Crippen molar-refractivity contribution in [2.24, 2.45) is 0 Å². The average Bonchev–Trinajstić information content (AvgIpc) is 2.67. The summed E-state index contributed by atoms with van der Waals surface area (Å²) in [4.78, 5) is 0. The predicted octanol–water partition coefficient (Wildman–Crippen LogP) is 5.39. The Morgan fingerprint density at radius 2 is 2.07 bits per heavy atom. The van der Waals surface area contributed by atoms with Gasteiger partial charge in [-0.3, -0.25) is 0 Å². The van der Waals surface area contributed by atoms with Crippen LogP contribution in [0.3, 0.4) is 0 Å². The summed E-state index contributed by atoms with van der Waals surface area (Å²) >= 11 is 0. The first-order chi connectivity index (χ1) is 13.5. The smallest absolute Gasteiger partial charge is 0.129 e. The number of phenolic OH excluding ortho intramolecular Hbond substituents is 1. The highest BCUT2D eigenvalue weighted by atomic mass is 16.5. The van der Waals surface area contributed by atoms with Crippen LogP contribution in [0, 0.1) is 0 Å². The van der Waals surface area contributed by atoms with Crippen LogP contribution in [0.5, 0.6) is 23.0 Å². The molecule has 0 amide bonds. The molecular weight excluding hydrogens is 352 g/mol. The third-order valence-corrected chi connectivity index (χ3v) is 5.77. The van der Waals surface area contributed by atoms with E-state index >= 15 is 0 Å². The second-order valence-electron chi connectivity index (χ2n) is 8.53. The summed E-state index contributed by atoms with van der Waals surface area (Å²) in [6.07, 6.45) is 4.93. The van der Waals surface area contributed by atoms with Crippen molar-refractivity contribution in [3.05, 3.63) is 47.0 Å². The van der Waals surface area contributed by atoms with Crippen LogP contribution in [0.15, 0.2) is 30.3 Å². The van der Waals surface area contributed by atoms with Crippen molar-refractivity contribution in [2.45, 2.75) is 64.4 Å². The van der Waals surface area contributed by atoms with Gasteiger partial charge in [0.2, 0.25) is 0 Å². The number of fused-ring (bicyclic) bond motifs is 3. The van der Waals surface area contributed by atoms with E-state index in [1.54, 1.807) is 6.07 Å². The van der Waals surface area contributed by atoms with Crippen LogP contribution >= 0.6 is 0 Å². The molecule has 0 aromatic heterocycles. The van der Waals surface area contributed by atoms with Gasteiger partial charge in [0, 0.05) is 23.1 Å². The van der Waals surface area contributed by atoms with Crippen molar-refractivity contribution in [1.29, 1.82) is 0 Å². The normalized spacial score (nSPS) is 19.8. The van der Waals surface area contributed by atoms with Crippen LogP contribution in [-0.4, -0.2) is 23.9 Å². The molecule has 2 aromatic carbocycles. The van der Waals surface area contributed by atoms with Gasteiger partial charge in [0.1, 0.15) is 28.6 Å². The molecule has 1 atom stereocenters. The molecule has 4 heteroatoms. The lowest BCUT2D eigenvalue weighted by Gasteiger charge is -2.35. The average molecular weight is 383 g/mol. The Morgan fingerprint density at radius 3 is 2.86 bits per heavy atom. The minimum atomic E-state index is -0.120. The van der Waals surface area contributed by atoms with E-state index < -0.39 is 0 Å². The highest BCUT2D eigenvalue weighted by Gasteiger charge is 2.32. The fourth-order valence-corrected chi connectivity index (χ4v) is 4.11. The quantitative estimate of drug-likeness (QED) is 0.704.